The van der Waals surface area contributed by atoms with E-state index in [9.17, 15) is 0 Å². The van der Waals surface area contributed by atoms with E-state index in [1.54, 1.807) is 0 Å². The number of hydrogen-bond acceptors (Lipinski definition) is 4. The average Bonchev–Trinajstić information content (AvgIpc) is 2.69. The van der Waals surface area contributed by atoms with Gasteiger partial charge in [0.05, 0.1) is 6.61 Å². The highest BCUT2D eigenvalue weighted by Crippen LogP contribution is 2.22. The summed E-state index contributed by atoms with van der Waals surface area (Å²) < 4.78 is 5.92. The van der Waals surface area contributed by atoms with E-state index < -0.39 is 0 Å². The molecule has 1 aromatic rings. The molecule has 2 aliphatic rings. The van der Waals surface area contributed by atoms with Crippen molar-refractivity contribution in [2.75, 3.05) is 45.9 Å². The molecular formula is C22H36N2O2. The third-order valence-corrected chi connectivity index (χ3v) is 5.91. The molecule has 0 spiro atoms. The van der Waals surface area contributed by atoms with Crippen LogP contribution in [0.1, 0.15) is 50.5 Å². The van der Waals surface area contributed by atoms with Crippen LogP contribution in [0.5, 0.6) is 5.75 Å². The molecule has 0 atom stereocenters. The van der Waals surface area contributed by atoms with E-state index in [4.69, 9.17) is 9.84 Å². The van der Waals surface area contributed by atoms with Gasteiger partial charge < -0.3 is 14.7 Å². The summed E-state index contributed by atoms with van der Waals surface area (Å²) in [5.74, 6) is 1.71. The Kier molecular flexibility index (Phi) is 8.24. The van der Waals surface area contributed by atoms with Gasteiger partial charge in [-0.25, -0.2) is 0 Å². The SMILES string of the molecule is OCCC1CCN(Cc2ccc(OCCCN3CCCCC3)cc2)CC1. The van der Waals surface area contributed by atoms with Crippen LogP contribution in [-0.4, -0.2) is 60.8 Å². The largest absolute Gasteiger partial charge is 0.494 e. The van der Waals surface area contributed by atoms with Gasteiger partial charge in [-0.05, 0) is 88.3 Å². The highest BCUT2D eigenvalue weighted by atomic mass is 16.5. The van der Waals surface area contributed by atoms with Gasteiger partial charge >= 0.3 is 0 Å². The Morgan fingerprint density at radius 1 is 0.923 bits per heavy atom. The Hall–Kier alpha value is -1.10. The van der Waals surface area contributed by atoms with Gasteiger partial charge in [-0.2, -0.15) is 0 Å². The van der Waals surface area contributed by atoms with Crippen LogP contribution in [0.2, 0.25) is 0 Å². The zero-order chi connectivity index (χ0) is 18.0. The standard InChI is InChI=1S/C22H36N2O2/c25-17-11-20-9-15-24(16-10-20)19-21-5-7-22(8-6-21)26-18-4-14-23-12-2-1-3-13-23/h5-8,20,25H,1-4,9-19H2. The Balaban J connectivity index is 1.32. The van der Waals surface area contributed by atoms with Crippen LogP contribution >= 0.6 is 0 Å². The number of benzene rings is 1. The van der Waals surface area contributed by atoms with Gasteiger partial charge in [0.2, 0.25) is 0 Å². The molecule has 0 radical (unpaired) electrons. The fraction of sp³-hybridized carbons (Fsp3) is 0.727. The van der Waals surface area contributed by atoms with Crippen LogP contribution in [-0.2, 0) is 6.54 Å². The molecule has 0 unspecified atom stereocenters. The summed E-state index contributed by atoms with van der Waals surface area (Å²) in [6.07, 6.45) is 8.66. The number of ether oxygens (including phenoxy) is 1. The zero-order valence-electron chi connectivity index (χ0n) is 16.2. The van der Waals surface area contributed by atoms with Crippen molar-refractivity contribution in [3.63, 3.8) is 0 Å². The van der Waals surface area contributed by atoms with Crippen molar-refractivity contribution in [2.24, 2.45) is 5.92 Å². The minimum Gasteiger partial charge on any atom is -0.494 e. The van der Waals surface area contributed by atoms with Gasteiger partial charge in [-0.3, -0.25) is 4.90 Å². The Bertz CT molecular complexity index is 491. The van der Waals surface area contributed by atoms with E-state index in [2.05, 4.69) is 34.1 Å². The Labute approximate surface area is 159 Å². The van der Waals surface area contributed by atoms with Gasteiger partial charge in [0, 0.05) is 19.7 Å². The quantitative estimate of drug-likeness (QED) is 0.684. The van der Waals surface area contributed by atoms with Gasteiger partial charge in [-0.15, -0.1) is 0 Å². The van der Waals surface area contributed by atoms with E-state index in [1.807, 2.05) is 0 Å². The van der Waals surface area contributed by atoms with Gasteiger partial charge in [0.1, 0.15) is 5.75 Å². The van der Waals surface area contributed by atoms with Crippen molar-refractivity contribution >= 4 is 0 Å². The predicted octanol–water partition coefficient (Wildman–Crippen LogP) is 3.54. The van der Waals surface area contributed by atoms with Crippen LogP contribution < -0.4 is 4.74 Å². The highest BCUT2D eigenvalue weighted by molar-refractivity contribution is 5.27. The zero-order valence-corrected chi connectivity index (χ0v) is 16.2. The summed E-state index contributed by atoms with van der Waals surface area (Å²) in [5, 5.41) is 9.06. The molecule has 3 rings (SSSR count). The van der Waals surface area contributed by atoms with Crippen molar-refractivity contribution < 1.29 is 9.84 Å². The molecule has 0 aliphatic carbocycles. The van der Waals surface area contributed by atoms with Crippen LogP contribution in [0, 0.1) is 5.92 Å². The third-order valence-electron chi connectivity index (χ3n) is 5.91. The second kappa shape index (κ2) is 10.9. The van der Waals surface area contributed by atoms with Crippen molar-refractivity contribution in [1.82, 2.24) is 9.80 Å². The molecule has 26 heavy (non-hydrogen) atoms. The van der Waals surface area contributed by atoms with Crippen LogP contribution in [0.4, 0.5) is 0 Å². The molecule has 2 fully saturated rings. The molecule has 4 nitrogen and oxygen atoms in total. The first-order valence-electron chi connectivity index (χ1n) is 10.6. The number of piperidine rings is 2. The lowest BCUT2D eigenvalue weighted by molar-refractivity contribution is 0.153. The number of aliphatic hydroxyl groups excluding tert-OH is 1. The molecule has 146 valence electrons. The topological polar surface area (TPSA) is 35.9 Å². The molecule has 0 saturated carbocycles. The third kappa shape index (κ3) is 6.57. The molecular weight excluding hydrogens is 324 g/mol. The molecule has 0 bridgehead atoms. The first kappa shape index (κ1) is 19.7. The summed E-state index contributed by atoms with van der Waals surface area (Å²) in [6, 6.07) is 8.66. The molecule has 4 heteroatoms. The van der Waals surface area contributed by atoms with Crippen LogP contribution in [0.25, 0.3) is 0 Å². The van der Waals surface area contributed by atoms with Gasteiger partial charge in [0.15, 0.2) is 0 Å². The predicted molar refractivity (Wildman–Crippen MR) is 107 cm³/mol. The maximum Gasteiger partial charge on any atom is 0.119 e. The summed E-state index contributed by atoms with van der Waals surface area (Å²) in [6.45, 7) is 8.19. The van der Waals surface area contributed by atoms with E-state index >= 15 is 0 Å². The summed E-state index contributed by atoms with van der Waals surface area (Å²) >= 11 is 0. The first-order valence-corrected chi connectivity index (χ1v) is 10.6. The Morgan fingerprint density at radius 3 is 2.35 bits per heavy atom. The molecule has 1 N–H and O–H groups in total. The minimum atomic E-state index is 0.337. The summed E-state index contributed by atoms with van der Waals surface area (Å²) in [7, 11) is 0. The van der Waals surface area contributed by atoms with Gasteiger partial charge in [0.25, 0.3) is 0 Å². The molecule has 2 aliphatic heterocycles. The number of rotatable bonds is 9. The lowest BCUT2D eigenvalue weighted by Crippen LogP contribution is -2.33. The van der Waals surface area contributed by atoms with Crippen molar-refractivity contribution in [2.45, 2.75) is 51.5 Å². The monoisotopic (exact) mass is 360 g/mol. The number of aliphatic hydroxyl groups is 1. The minimum absolute atomic E-state index is 0.337. The van der Waals surface area contributed by atoms with E-state index in [0.717, 1.165) is 50.8 Å². The van der Waals surface area contributed by atoms with Crippen LogP contribution in [0.3, 0.4) is 0 Å². The van der Waals surface area contributed by atoms with E-state index in [1.165, 1.54) is 57.3 Å². The normalized spacial score (nSPS) is 20.3. The van der Waals surface area contributed by atoms with Crippen molar-refractivity contribution in [1.29, 1.82) is 0 Å². The lowest BCUT2D eigenvalue weighted by Gasteiger charge is -2.31. The molecule has 2 saturated heterocycles. The maximum absolute atomic E-state index is 9.06. The van der Waals surface area contributed by atoms with Crippen molar-refractivity contribution in [3.8, 4) is 5.75 Å². The maximum atomic E-state index is 9.06. The summed E-state index contributed by atoms with van der Waals surface area (Å²) in [5.41, 5.74) is 1.37. The molecule has 2 heterocycles. The van der Waals surface area contributed by atoms with E-state index in [0.29, 0.717) is 6.61 Å². The first-order chi connectivity index (χ1) is 12.8. The van der Waals surface area contributed by atoms with Crippen molar-refractivity contribution in [3.05, 3.63) is 29.8 Å². The molecule has 0 amide bonds. The smallest absolute Gasteiger partial charge is 0.119 e. The second-order valence-electron chi connectivity index (χ2n) is 7.98. The summed E-state index contributed by atoms with van der Waals surface area (Å²) in [4.78, 5) is 5.10. The Morgan fingerprint density at radius 2 is 1.65 bits per heavy atom. The lowest BCUT2D eigenvalue weighted by atomic mass is 9.94. The van der Waals surface area contributed by atoms with Crippen LogP contribution in [0.15, 0.2) is 24.3 Å². The number of likely N-dealkylation sites (tertiary alicyclic amines) is 2. The van der Waals surface area contributed by atoms with E-state index in [-0.39, 0.29) is 0 Å². The fourth-order valence-corrected chi connectivity index (χ4v) is 4.23. The second-order valence-corrected chi connectivity index (χ2v) is 7.98. The number of nitrogens with zero attached hydrogens (tertiary/aromatic N) is 2. The highest BCUT2D eigenvalue weighted by Gasteiger charge is 2.18. The molecule has 1 aromatic carbocycles. The molecule has 0 aromatic heterocycles. The number of hydrogen-bond donors (Lipinski definition) is 1. The fourth-order valence-electron chi connectivity index (χ4n) is 4.23. The van der Waals surface area contributed by atoms with Gasteiger partial charge in [-0.1, -0.05) is 18.6 Å². The average molecular weight is 361 g/mol.